The number of para-hydroxylation sites is 1. The second kappa shape index (κ2) is 9.79. The van der Waals surface area contributed by atoms with Gasteiger partial charge in [0.25, 0.3) is 0 Å². The number of anilines is 1. The van der Waals surface area contributed by atoms with Crippen LogP contribution >= 0.6 is 11.6 Å². The van der Waals surface area contributed by atoms with Gasteiger partial charge in [-0.2, -0.15) is 0 Å². The van der Waals surface area contributed by atoms with Gasteiger partial charge in [0.2, 0.25) is 15.9 Å². The molecule has 0 unspecified atom stereocenters. The van der Waals surface area contributed by atoms with Crippen LogP contribution in [0, 0.1) is 6.92 Å². The van der Waals surface area contributed by atoms with Crippen LogP contribution in [-0.2, 0) is 27.8 Å². The van der Waals surface area contributed by atoms with Gasteiger partial charge in [-0.25, -0.2) is 13.1 Å². The smallest absolute Gasteiger partial charge is 0.244 e. The number of fused-ring (bicyclic) bond motifs is 1. The Morgan fingerprint density at radius 3 is 2.39 bits per heavy atom. The van der Waals surface area contributed by atoms with Gasteiger partial charge in [-0.1, -0.05) is 47.5 Å². The molecule has 0 fully saturated rings. The van der Waals surface area contributed by atoms with E-state index in [-0.39, 0.29) is 23.9 Å². The highest BCUT2D eigenvalue weighted by molar-refractivity contribution is 7.89. The first-order valence-corrected chi connectivity index (χ1v) is 12.4. The average Bonchev–Trinajstić information content (AvgIpc) is 3.13. The molecule has 0 atom stereocenters. The molecule has 0 radical (unpaired) electrons. The number of hydrogen-bond acceptors (Lipinski definition) is 3. The summed E-state index contributed by atoms with van der Waals surface area (Å²) in [7, 11) is -3.58. The first kappa shape index (κ1) is 23.0. The maximum Gasteiger partial charge on any atom is 0.244 e. The molecule has 1 heterocycles. The van der Waals surface area contributed by atoms with Crippen LogP contribution < -0.4 is 10.0 Å². The van der Waals surface area contributed by atoms with Crippen molar-refractivity contribution < 1.29 is 13.2 Å². The summed E-state index contributed by atoms with van der Waals surface area (Å²) >= 11 is 5.90. The van der Waals surface area contributed by atoms with Crippen LogP contribution in [0.25, 0.3) is 10.9 Å². The molecule has 4 rings (SSSR count). The van der Waals surface area contributed by atoms with Gasteiger partial charge in [-0.15, -0.1) is 0 Å². The number of carbonyl (C=O) groups is 1. The zero-order valence-corrected chi connectivity index (χ0v) is 19.7. The van der Waals surface area contributed by atoms with Gasteiger partial charge in [0.1, 0.15) is 6.54 Å². The van der Waals surface area contributed by atoms with Crippen molar-refractivity contribution in [1.29, 1.82) is 0 Å². The van der Waals surface area contributed by atoms with Gasteiger partial charge in [-0.3, -0.25) is 4.79 Å². The highest BCUT2D eigenvalue weighted by atomic mass is 35.5. The number of aromatic nitrogens is 1. The Hall–Kier alpha value is -3.13. The normalized spacial score (nSPS) is 11.6. The lowest BCUT2D eigenvalue weighted by atomic mass is 10.1. The van der Waals surface area contributed by atoms with Crippen molar-refractivity contribution in [2.75, 3.05) is 11.9 Å². The lowest BCUT2D eigenvalue weighted by Crippen LogP contribution is -2.26. The Balaban J connectivity index is 1.46. The third-order valence-corrected chi connectivity index (χ3v) is 7.06. The van der Waals surface area contributed by atoms with Gasteiger partial charge in [0, 0.05) is 34.4 Å². The van der Waals surface area contributed by atoms with E-state index in [0.717, 1.165) is 22.0 Å². The molecule has 0 saturated carbocycles. The first-order valence-electron chi connectivity index (χ1n) is 10.5. The minimum atomic E-state index is -3.58. The minimum Gasteiger partial charge on any atom is -0.338 e. The summed E-state index contributed by atoms with van der Waals surface area (Å²) in [6, 6.07) is 21.5. The fourth-order valence-electron chi connectivity index (χ4n) is 3.66. The summed E-state index contributed by atoms with van der Waals surface area (Å²) in [6.07, 6.45) is 2.41. The molecule has 0 aliphatic carbocycles. The third kappa shape index (κ3) is 5.63. The van der Waals surface area contributed by atoms with E-state index in [1.165, 1.54) is 0 Å². The van der Waals surface area contributed by atoms with Crippen LogP contribution in [-0.4, -0.2) is 25.4 Å². The number of aryl methyl sites for hydroxylation is 1. The Bertz CT molecular complexity index is 1380. The van der Waals surface area contributed by atoms with E-state index < -0.39 is 10.0 Å². The van der Waals surface area contributed by atoms with Gasteiger partial charge < -0.3 is 9.88 Å². The molecule has 1 aromatic heterocycles. The van der Waals surface area contributed by atoms with Gasteiger partial charge in [0.05, 0.1) is 4.90 Å². The van der Waals surface area contributed by atoms with Crippen molar-refractivity contribution in [3.05, 3.63) is 95.1 Å². The fourth-order valence-corrected chi connectivity index (χ4v) is 4.82. The number of carbonyl (C=O) groups excluding carboxylic acids is 1. The summed E-state index contributed by atoms with van der Waals surface area (Å²) in [5.74, 6) is -0.162. The predicted octanol–water partition coefficient (Wildman–Crippen LogP) is 4.76. The van der Waals surface area contributed by atoms with E-state index in [4.69, 9.17) is 11.6 Å². The molecule has 0 saturated heterocycles. The van der Waals surface area contributed by atoms with Crippen molar-refractivity contribution in [2.24, 2.45) is 0 Å². The van der Waals surface area contributed by atoms with E-state index in [1.807, 2.05) is 42.0 Å². The number of amides is 1. The summed E-state index contributed by atoms with van der Waals surface area (Å²) < 4.78 is 29.7. The Labute approximate surface area is 198 Å². The highest BCUT2D eigenvalue weighted by Crippen LogP contribution is 2.22. The molecule has 4 aromatic rings. The summed E-state index contributed by atoms with van der Waals surface area (Å²) in [5.41, 5.74) is 3.56. The van der Waals surface area contributed by atoms with Crippen molar-refractivity contribution in [1.82, 2.24) is 9.29 Å². The molecule has 6 nitrogen and oxygen atoms in total. The van der Waals surface area contributed by atoms with Crippen LogP contribution in [0.15, 0.2) is 83.9 Å². The predicted molar refractivity (Wildman–Crippen MR) is 132 cm³/mol. The second-order valence-electron chi connectivity index (χ2n) is 7.82. The number of rotatable bonds is 8. The third-order valence-electron chi connectivity index (χ3n) is 5.33. The fraction of sp³-hybridized carbons (Fsp3) is 0.160. The molecular formula is C25H24ClN3O3S. The van der Waals surface area contributed by atoms with Gasteiger partial charge >= 0.3 is 0 Å². The van der Waals surface area contributed by atoms with Crippen LogP contribution in [0.2, 0.25) is 5.02 Å². The Morgan fingerprint density at radius 1 is 0.970 bits per heavy atom. The van der Waals surface area contributed by atoms with Crippen molar-refractivity contribution in [3.8, 4) is 0 Å². The van der Waals surface area contributed by atoms with Crippen LogP contribution in [0.4, 0.5) is 5.69 Å². The number of sulfonamides is 1. The van der Waals surface area contributed by atoms with Crippen molar-refractivity contribution in [2.45, 2.75) is 24.8 Å². The van der Waals surface area contributed by atoms with Crippen molar-refractivity contribution >= 4 is 44.1 Å². The van der Waals surface area contributed by atoms with E-state index in [0.29, 0.717) is 17.1 Å². The zero-order chi connectivity index (χ0) is 23.4. The number of nitrogens with one attached hydrogen (secondary N) is 2. The molecule has 3 aromatic carbocycles. The van der Waals surface area contributed by atoms with Crippen molar-refractivity contribution in [3.63, 3.8) is 0 Å². The van der Waals surface area contributed by atoms with Crippen LogP contribution in [0.1, 0.15) is 11.1 Å². The molecule has 0 aliphatic heterocycles. The molecule has 0 bridgehead atoms. The number of hydrogen-bond donors (Lipinski definition) is 2. The number of halogens is 1. The highest BCUT2D eigenvalue weighted by Gasteiger charge is 2.15. The molecular weight excluding hydrogens is 458 g/mol. The molecule has 0 spiro atoms. The average molecular weight is 482 g/mol. The topological polar surface area (TPSA) is 80.2 Å². The summed E-state index contributed by atoms with van der Waals surface area (Å²) in [6.45, 7) is 2.30. The van der Waals surface area contributed by atoms with Crippen LogP contribution in [0.5, 0.6) is 0 Å². The maximum absolute atomic E-state index is 12.6. The van der Waals surface area contributed by atoms with E-state index in [1.54, 1.807) is 48.5 Å². The van der Waals surface area contributed by atoms with E-state index in [9.17, 15) is 13.2 Å². The molecule has 8 heteroatoms. The first-order chi connectivity index (χ1) is 15.8. The molecule has 0 aliphatic rings. The lowest BCUT2D eigenvalue weighted by Gasteiger charge is -2.07. The molecule has 170 valence electrons. The molecule has 2 N–H and O–H groups in total. The summed E-state index contributed by atoms with van der Waals surface area (Å²) in [5, 5.41) is 4.46. The quantitative estimate of drug-likeness (QED) is 0.380. The van der Waals surface area contributed by atoms with Gasteiger partial charge in [-0.05, 0) is 61.4 Å². The Kier molecular flexibility index (Phi) is 6.83. The minimum absolute atomic E-state index is 0.137. The number of benzene rings is 3. The Morgan fingerprint density at radius 2 is 1.67 bits per heavy atom. The standard InChI is InChI=1S/C25H24ClN3O3S/c1-18-6-12-22(13-7-18)33(31,32)27-15-14-19-16-29(24-5-3-2-4-23(19)24)17-25(30)28-21-10-8-20(26)9-11-21/h2-13,16,27H,14-15,17H2,1H3,(H,28,30). The lowest BCUT2D eigenvalue weighted by molar-refractivity contribution is -0.116. The summed E-state index contributed by atoms with van der Waals surface area (Å²) in [4.78, 5) is 12.8. The van der Waals surface area contributed by atoms with E-state index >= 15 is 0 Å². The maximum atomic E-state index is 12.6. The molecule has 33 heavy (non-hydrogen) atoms. The zero-order valence-electron chi connectivity index (χ0n) is 18.1. The van der Waals surface area contributed by atoms with Gasteiger partial charge in [0.15, 0.2) is 0 Å². The van der Waals surface area contributed by atoms with E-state index in [2.05, 4.69) is 10.0 Å². The monoisotopic (exact) mass is 481 g/mol. The molecule has 1 amide bonds. The SMILES string of the molecule is Cc1ccc(S(=O)(=O)NCCc2cn(CC(=O)Nc3ccc(Cl)cc3)c3ccccc23)cc1. The number of nitrogens with zero attached hydrogens (tertiary/aromatic N) is 1. The van der Waals surface area contributed by atoms with Crippen LogP contribution in [0.3, 0.4) is 0 Å². The largest absolute Gasteiger partial charge is 0.338 e. The second-order valence-corrected chi connectivity index (χ2v) is 10.0.